The van der Waals surface area contributed by atoms with Gasteiger partial charge < -0.3 is 4.90 Å². The van der Waals surface area contributed by atoms with Crippen molar-refractivity contribution in [1.82, 2.24) is 25.1 Å². The van der Waals surface area contributed by atoms with Gasteiger partial charge in [-0.1, -0.05) is 37.3 Å². The number of likely N-dealkylation sites (N-methyl/N-ethyl adjacent to an activating group) is 1. The van der Waals surface area contributed by atoms with Crippen molar-refractivity contribution in [3.05, 3.63) is 52.2 Å². The van der Waals surface area contributed by atoms with E-state index in [4.69, 9.17) is 0 Å². The topological polar surface area (TPSA) is 63.9 Å². The minimum absolute atomic E-state index is 0.0475. The summed E-state index contributed by atoms with van der Waals surface area (Å²) in [6.45, 7) is 2.79. The quantitative estimate of drug-likeness (QED) is 0.691. The molecule has 0 saturated heterocycles. The van der Waals surface area contributed by atoms with Gasteiger partial charge in [-0.25, -0.2) is 0 Å². The van der Waals surface area contributed by atoms with Crippen LogP contribution < -0.4 is 0 Å². The highest BCUT2D eigenvalue weighted by Gasteiger charge is 2.13. The van der Waals surface area contributed by atoms with Crippen LogP contribution in [0.15, 0.2) is 41.8 Å². The summed E-state index contributed by atoms with van der Waals surface area (Å²) in [7, 11) is 1.78. The third-order valence-corrected chi connectivity index (χ3v) is 4.61. The van der Waals surface area contributed by atoms with E-state index in [-0.39, 0.29) is 12.5 Å². The number of aromatic nitrogens is 4. The third kappa shape index (κ3) is 3.86. The molecule has 3 aromatic rings. The van der Waals surface area contributed by atoms with Crippen molar-refractivity contribution in [2.24, 2.45) is 0 Å². The van der Waals surface area contributed by atoms with Crippen molar-refractivity contribution >= 4 is 17.2 Å². The summed E-state index contributed by atoms with van der Waals surface area (Å²) in [5, 5.41) is 14.3. The average molecular weight is 341 g/mol. The lowest BCUT2D eigenvalue weighted by Crippen LogP contribution is -2.30. The van der Waals surface area contributed by atoms with Gasteiger partial charge in [-0.3, -0.25) is 4.79 Å². The molecule has 3 rings (SSSR count). The first-order chi connectivity index (χ1) is 11.7. The molecule has 24 heavy (non-hydrogen) atoms. The minimum atomic E-state index is -0.0475. The predicted octanol–water partition coefficient (Wildman–Crippen LogP) is 2.62. The van der Waals surface area contributed by atoms with Crippen LogP contribution in [0, 0.1) is 0 Å². The van der Waals surface area contributed by atoms with Crippen LogP contribution >= 0.6 is 11.3 Å². The molecule has 0 saturated carbocycles. The lowest BCUT2D eigenvalue weighted by Gasteiger charge is -2.15. The molecule has 1 aromatic carbocycles. The summed E-state index contributed by atoms with van der Waals surface area (Å²) in [5.41, 5.74) is 2.16. The number of hydrogen-bond acceptors (Lipinski definition) is 5. The largest absolute Gasteiger partial charge is 0.339 e. The first kappa shape index (κ1) is 16.3. The maximum Gasteiger partial charge on any atom is 0.246 e. The number of carbonyl (C=O) groups is 1. The van der Waals surface area contributed by atoms with Gasteiger partial charge in [0, 0.05) is 17.5 Å². The molecule has 6 nitrogen and oxygen atoms in total. The van der Waals surface area contributed by atoms with Crippen LogP contribution in [-0.2, 0) is 24.3 Å². The Labute approximate surface area is 144 Å². The highest BCUT2D eigenvalue weighted by Crippen LogP contribution is 2.15. The molecule has 1 amide bonds. The zero-order valence-electron chi connectivity index (χ0n) is 13.7. The maximum atomic E-state index is 12.3. The molecule has 0 aliphatic rings. The second-order valence-electron chi connectivity index (χ2n) is 5.52. The van der Waals surface area contributed by atoms with Gasteiger partial charge in [0.25, 0.3) is 0 Å². The Morgan fingerprint density at radius 3 is 2.71 bits per heavy atom. The van der Waals surface area contributed by atoms with Crippen LogP contribution in [-0.4, -0.2) is 38.1 Å². The van der Waals surface area contributed by atoms with E-state index in [2.05, 4.69) is 34.5 Å². The van der Waals surface area contributed by atoms with E-state index >= 15 is 0 Å². The lowest BCUT2D eigenvalue weighted by atomic mass is 10.1. The van der Waals surface area contributed by atoms with Crippen LogP contribution in [0.2, 0.25) is 0 Å². The SMILES string of the molecule is CCc1ccc(-c2nnn(CC(=O)N(C)Cc3cccs3)n2)cc1. The number of rotatable bonds is 6. The molecule has 0 spiro atoms. The van der Waals surface area contributed by atoms with Gasteiger partial charge >= 0.3 is 0 Å². The van der Waals surface area contributed by atoms with Crippen molar-refractivity contribution in [3.63, 3.8) is 0 Å². The van der Waals surface area contributed by atoms with Gasteiger partial charge in [-0.15, -0.1) is 21.5 Å². The molecule has 7 heteroatoms. The van der Waals surface area contributed by atoms with E-state index in [9.17, 15) is 4.79 Å². The molecule has 0 bridgehead atoms. The molecular weight excluding hydrogens is 322 g/mol. The Morgan fingerprint density at radius 2 is 2.04 bits per heavy atom. The Hall–Kier alpha value is -2.54. The fourth-order valence-electron chi connectivity index (χ4n) is 2.28. The smallest absolute Gasteiger partial charge is 0.246 e. The summed E-state index contributed by atoms with van der Waals surface area (Å²) in [5.74, 6) is 0.486. The maximum absolute atomic E-state index is 12.3. The minimum Gasteiger partial charge on any atom is -0.339 e. The Morgan fingerprint density at radius 1 is 1.25 bits per heavy atom. The van der Waals surface area contributed by atoms with Gasteiger partial charge in [0.15, 0.2) is 0 Å². The third-order valence-electron chi connectivity index (χ3n) is 3.75. The number of amides is 1. The summed E-state index contributed by atoms with van der Waals surface area (Å²) >= 11 is 1.63. The van der Waals surface area contributed by atoms with Crippen LogP contribution in [0.25, 0.3) is 11.4 Å². The van der Waals surface area contributed by atoms with Crippen LogP contribution in [0.5, 0.6) is 0 Å². The fraction of sp³-hybridized carbons (Fsp3) is 0.294. The molecule has 0 N–H and O–H groups in total. The molecule has 0 aliphatic heterocycles. The van der Waals surface area contributed by atoms with Gasteiger partial charge in [0.05, 0.1) is 6.54 Å². The van der Waals surface area contributed by atoms with Gasteiger partial charge in [-0.2, -0.15) is 4.80 Å². The van der Waals surface area contributed by atoms with Crippen molar-refractivity contribution in [2.45, 2.75) is 26.4 Å². The molecule has 0 atom stereocenters. The van der Waals surface area contributed by atoms with Crippen molar-refractivity contribution in [2.75, 3.05) is 7.05 Å². The van der Waals surface area contributed by atoms with Gasteiger partial charge in [0.2, 0.25) is 11.7 Å². The second kappa shape index (κ2) is 7.35. The number of thiophene rings is 1. The molecule has 2 aromatic heterocycles. The van der Waals surface area contributed by atoms with Gasteiger partial charge in [-0.05, 0) is 28.6 Å². The normalized spacial score (nSPS) is 10.8. The van der Waals surface area contributed by atoms with Crippen molar-refractivity contribution in [1.29, 1.82) is 0 Å². The van der Waals surface area contributed by atoms with E-state index < -0.39 is 0 Å². The van der Waals surface area contributed by atoms with E-state index in [1.807, 2.05) is 29.6 Å². The van der Waals surface area contributed by atoms with Crippen LogP contribution in [0.1, 0.15) is 17.4 Å². The Kier molecular flexibility index (Phi) is 5.00. The Bertz CT molecular complexity index is 795. The first-order valence-electron chi connectivity index (χ1n) is 7.79. The summed E-state index contributed by atoms with van der Waals surface area (Å²) in [6, 6.07) is 12.1. The molecule has 0 unspecified atom stereocenters. The molecule has 2 heterocycles. The van der Waals surface area contributed by atoms with E-state index in [1.54, 1.807) is 23.3 Å². The highest BCUT2D eigenvalue weighted by atomic mass is 32.1. The molecule has 124 valence electrons. The van der Waals surface area contributed by atoms with E-state index in [0.717, 1.165) is 16.9 Å². The summed E-state index contributed by atoms with van der Waals surface area (Å²) in [4.78, 5) is 16.4. The molecule has 0 fully saturated rings. The number of hydrogen-bond donors (Lipinski definition) is 0. The van der Waals surface area contributed by atoms with Crippen molar-refractivity contribution in [3.8, 4) is 11.4 Å². The fourth-order valence-corrected chi connectivity index (χ4v) is 3.04. The van der Waals surface area contributed by atoms with E-state index in [1.165, 1.54) is 10.4 Å². The van der Waals surface area contributed by atoms with Crippen LogP contribution in [0.3, 0.4) is 0 Å². The Balaban J connectivity index is 1.63. The van der Waals surface area contributed by atoms with Crippen LogP contribution in [0.4, 0.5) is 0 Å². The molecule has 0 radical (unpaired) electrons. The number of benzene rings is 1. The molecule has 0 aliphatic carbocycles. The standard InChI is InChI=1S/C17H19N5OS/c1-3-13-6-8-14(9-7-13)17-18-20-22(19-17)12-16(23)21(2)11-15-5-4-10-24-15/h4-10H,3,11-12H2,1-2H3. The van der Waals surface area contributed by atoms with Crippen molar-refractivity contribution < 1.29 is 4.79 Å². The monoisotopic (exact) mass is 341 g/mol. The predicted molar refractivity (Wildman–Crippen MR) is 93.4 cm³/mol. The zero-order valence-corrected chi connectivity index (χ0v) is 14.5. The average Bonchev–Trinajstić information content (AvgIpc) is 3.27. The van der Waals surface area contributed by atoms with Gasteiger partial charge in [0.1, 0.15) is 6.54 Å². The number of aryl methyl sites for hydroxylation is 1. The number of carbonyl (C=O) groups excluding carboxylic acids is 1. The summed E-state index contributed by atoms with van der Waals surface area (Å²) < 4.78 is 0. The highest BCUT2D eigenvalue weighted by molar-refractivity contribution is 7.09. The van der Waals surface area contributed by atoms with E-state index in [0.29, 0.717) is 12.4 Å². The first-order valence-corrected chi connectivity index (χ1v) is 8.67. The summed E-state index contributed by atoms with van der Waals surface area (Å²) in [6.07, 6.45) is 0.992. The second-order valence-corrected chi connectivity index (χ2v) is 6.56. The number of nitrogens with zero attached hydrogens (tertiary/aromatic N) is 5. The zero-order chi connectivity index (χ0) is 16.9. The molecular formula is C17H19N5OS. The lowest BCUT2D eigenvalue weighted by molar-refractivity contribution is -0.131. The number of tetrazole rings is 1.